The number of para-hydroxylation sites is 1. The van der Waals surface area contributed by atoms with Crippen molar-refractivity contribution >= 4 is 10.9 Å². The van der Waals surface area contributed by atoms with E-state index in [0.29, 0.717) is 0 Å². The van der Waals surface area contributed by atoms with Crippen LogP contribution in [-0.2, 0) is 12.8 Å². The van der Waals surface area contributed by atoms with Crippen LogP contribution in [0.5, 0.6) is 0 Å². The second kappa shape index (κ2) is 6.63. The van der Waals surface area contributed by atoms with Crippen molar-refractivity contribution < 1.29 is 0 Å². The first-order valence-electron chi connectivity index (χ1n) is 8.23. The molecular formula is C22H18N2. The van der Waals surface area contributed by atoms with Crippen molar-refractivity contribution in [2.75, 3.05) is 0 Å². The lowest BCUT2D eigenvalue weighted by Gasteiger charge is -2.05. The number of aromatic nitrogens is 2. The van der Waals surface area contributed by atoms with Gasteiger partial charge in [0.15, 0.2) is 0 Å². The highest BCUT2D eigenvalue weighted by atomic mass is 14.7. The standard InChI is InChI=1S/C22H18N2/c1-2-7-22-18(5-1)13-15-20(24-22)14-10-17-8-11-19(12-9-17)21-6-3-4-16-23-21/h1-9,11-13,15-16H,10,14H2. The zero-order chi connectivity index (χ0) is 16.2. The summed E-state index contributed by atoms with van der Waals surface area (Å²) in [6.07, 6.45) is 3.77. The van der Waals surface area contributed by atoms with Gasteiger partial charge >= 0.3 is 0 Å². The number of fused-ring (bicyclic) bond motifs is 1. The minimum absolute atomic E-state index is 0.952. The predicted molar refractivity (Wildman–Crippen MR) is 98.8 cm³/mol. The fourth-order valence-electron chi connectivity index (χ4n) is 2.90. The lowest BCUT2D eigenvalue weighted by Crippen LogP contribution is -1.95. The Morgan fingerprint density at radius 1 is 0.667 bits per heavy atom. The van der Waals surface area contributed by atoms with E-state index in [2.05, 4.69) is 53.5 Å². The molecule has 0 bridgehead atoms. The molecule has 0 fully saturated rings. The summed E-state index contributed by atoms with van der Waals surface area (Å²) in [7, 11) is 0. The molecule has 0 radical (unpaired) electrons. The van der Waals surface area contributed by atoms with Crippen LogP contribution in [0.3, 0.4) is 0 Å². The topological polar surface area (TPSA) is 25.8 Å². The van der Waals surface area contributed by atoms with Gasteiger partial charge in [-0.1, -0.05) is 54.6 Å². The number of rotatable bonds is 4. The molecule has 24 heavy (non-hydrogen) atoms. The van der Waals surface area contributed by atoms with Crippen LogP contribution in [0, 0.1) is 0 Å². The molecule has 0 aliphatic carbocycles. The van der Waals surface area contributed by atoms with Crippen molar-refractivity contribution in [3.63, 3.8) is 0 Å². The van der Waals surface area contributed by atoms with Crippen molar-refractivity contribution in [1.29, 1.82) is 0 Å². The number of aryl methyl sites for hydroxylation is 2. The van der Waals surface area contributed by atoms with E-state index in [-0.39, 0.29) is 0 Å². The lowest BCUT2D eigenvalue weighted by molar-refractivity contribution is 0.923. The van der Waals surface area contributed by atoms with Gasteiger partial charge in [-0.25, -0.2) is 0 Å². The van der Waals surface area contributed by atoms with Gasteiger partial charge in [-0.15, -0.1) is 0 Å². The molecule has 2 nitrogen and oxygen atoms in total. The Kier molecular flexibility index (Phi) is 4.03. The van der Waals surface area contributed by atoms with Gasteiger partial charge in [0.1, 0.15) is 0 Å². The number of nitrogens with zero attached hydrogens (tertiary/aromatic N) is 2. The average molecular weight is 310 g/mol. The number of hydrogen-bond donors (Lipinski definition) is 0. The Balaban J connectivity index is 1.47. The van der Waals surface area contributed by atoms with Gasteiger partial charge < -0.3 is 0 Å². The molecule has 0 unspecified atom stereocenters. The number of hydrogen-bond acceptors (Lipinski definition) is 2. The first kappa shape index (κ1) is 14.6. The minimum atomic E-state index is 0.952. The van der Waals surface area contributed by atoms with E-state index in [4.69, 9.17) is 4.98 Å². The molecule has 0 atom stereocenters. The molecule has 0 spiro atoms. The summed E-state index contributed by atoms with van der Waals surface area (Å²) < 4.78 is 0. The molecular weight excluding hydrogens is 292 g/mol. The van der Waals surface area contributed by atoms with E-state index in [0.717, 1.165) is 35.3 Å². The third-order valence-corrected chi connectivity index (χ3v) is 4.24. The zero-order valence-electron chi connectivity index (χ0n) is 13.4. The molecule has 0 aliphatic rings. The van der Waals surface area contributed by atoms with Gasteiger partial charge in [0.25, 0.3) is 0 Å². The summed E-state index contributed by atoms with van der Waals surface area (Å²) in [4.78, 5) is 9.14. The maximum Gasteiger partial charge on any atom is 0.0705 e. The van der Waals surface area contributed by atoms with E-state index in [1.165, 1.54) is 10.9 Å². The Bertz CT molecular complexity index is 944. The minimum Gasteiger partial charge on any atom is -0.256 e. The molecule has 0 aliphatic heterocycles. The first-order chi connectivity index (χ1) is 11.9. The molecule has 0 saturated carbocycles. The first-order valence-corrected chi connectivity index (χ1v) is 8.23. The molecule has 2 heteroatoms. The lowest BCUT2D eigenvalue weighted by atomic mass is 10.0. The van der Waals surface area contributed by atoms with Crippen LogP contribution in [0.2, 0.25) is 0 Å². The monoisotopic (exact) mass is 310 g/mol. The Labute approximate surface area is 141 Å². The smallest absolute Gasteiger partial charge is 0.0705 e. The van der Waals surface area contributed by atoms with Crippen molar-refractivity contribution in [2.24, 2.45) is 0 Å². The van der Waals surface area contributed by atoms with Crippen LogP contribution in [0.4, 0.5) is 0 Å². The second-order valence-electron chi connectivity index (χ2n) is 5.91. The molecule has 2 heterocycles. The average Bonchev–Trinajstić information content (AvgIpc) is 2.67. The highest BCUT2D eigenvalue weighted by molar-refractivity contribution is 5.78. The molecule has 116 valence electrons. The molecule has 0 amide bonds. The Morgan fingerprint density at radius 3 is 2.33 bits per heavy atom. The fraction of sp³-hybridized carbons (Fsp3) is 0.0909. The SMILES string of the molecule is c1ccc(-c2ccc(CCc3ccc4ccccc4n3)cc2)nc1. The van der Waals surface area contributed by atoms with Crippen molar-refractivity contribution in [3.8, 4) is 11.3 Å². The fourth-order valence-corrected chi connectivity index (χ4v) is 2.90. The summed E-state index contributed by atoms with van der Waals surface area (Å²) >= 11 is 0. The summed E-state index contributed by atoms with van der Waals surface area (Å²) in [6.45, 7) is 0. The van der Waals surface area contributed by atoms with Gasteiger partial charge in [-0.3, -0.25) is 9.97 Å². The Hall–Kier alpha value is -3.00. The summed E-state index contributed by atoms with van der Waals surface area (Å²) in [5, 5.41) is 1.20. The van der Waals surface area contributed by atoms with Crippen LogP contribution < -0.4 is 0 Å². The molecule has 2 aromatic heterocycles. The van der Waals surface area contributed by atoms with Gasteiger partial charge in [0.2, 0.25) is 0 Å². The van der Waals surface area contributed by atoms with Crippen LogP contribution in [0.1, 0.15) is 11.3 Å². The van der Waals surface area contributed by atoms with Crippen LogP contribution in [0.25, 0.3) is 22.2 Å². The van der Waals surface area contributed by atoms with Crippen molar-refractivity contribution in [2.45, 2.75) is 12.8 Å². The van der Waals surface area contributed by atoms with E-state index in [1.54, 1.807) is 0 Å². The number of pyridine rings is 2. The third-order valence-electron chi connectivity index (χ3n) is 4.24. The van der Waals surface area contributed by atoms with Gasteiger partial charge in [-0.2, -0.15) is 0 Å². The largest absolute Gasteiger partial charge is 0.256 e. The van der Waals surface area contributed by atoms with E-state index in [1.807, 2.05) is 36.5 Å². The second-order valence-corrected chi connectivity index (χ2v) is 5.91. The summed E-state index contributed by atoms with van der Waals surface area (Å²) in [5.74, 6) is 0. The van der Waals surface area contributed by atoms with E-state index in [9.17, 15) is 0 Å². The van der Waals surface area contributed by atoms with Gasteiger partial charge in [-0.05, 0) is 42.7 Å². The number of benzene rings is 2. The van der Waals surface area contributed by atoms with Crippen LogP contribution >= 0.6 is 0 Å². The highest BCUT2D eigenvalue weighted by Crippen LogP contribution is 2.18. The van der Waals surface area contributed by atoms with E-state index < -0.39 is 0 Å². The summed E-state index contributed by atoms with van der Waals surface area (Å²) in [6, 6.07) is 27.2. The molecule has 0 N–H and O–H groups in total. The van der Waals surface area contributed by atoms with Gasteiger partial charge in [0, 0.05) is 22.8 Å². The molecule has 0 saturated heterocycles. The third kappa shape index (κ3) is 3.18. The zero-order valence-corrected chi connectivity index (χ0v) is 13.4. The molecule has 4 aromatic rings. The maximum absolute atomic E-state index is 4.75. The molecule has 4 rings (SSSR count). The van der Waals surface area contributed by atoms with Crippen LogP contribution in [-0.4, -0.2) is 9.97 Å². The van der Waals surface area contributed by atoms with Crippen LogP contribution in [0.15, 0.2) is 85.1 Å². The quantitative estimate of drug-likeness (QED) is 0.525. The van der Waals surface area contributed by atoms with E-state index >= 15 is 0 Å². The van der Waals surface area contributed by atoms with Crippen molar-refractivity contribution in [3.05, 3.63) is 96.3 Å². The van der Waals surface area contributed by atoms with Crippen molar-refractivity contribution in [1.82, 2.24) is 9.97 Å². The maximum atomic E-state index is 4.75. The van der Waals surface area contributed by atoms with Gasteiger partial charge in [0.05, 0.1) is 11.2 Å². The predicted octanol–water partition coefficient (Wildman–Crippen LogP) is 5.08. The highest BCUT2D eigenvalue weighted by Gasteiger charge is 2.01. The Morgan fingerprint density at radius 2 is 1.50 bits per heavy atom. The summed E-state index contributed by atoms with van der Waals surface area (Å²) in [5.41, 5.74) is 5.70. The molecule has 2 aromatic carbocycles. The normalized spacial score (nSPS) is 10.8.